The molecule has 0 aromatic carbocycles. The largest absolute Gasteiger partial charge is 0.395 e. The molecule has 7 nitrogen and oxygen atoms in total. The first kappa shape index (κ1) is 13.0. The molecule has 0 radical (unpaired) electrons. The van der Waals surface area contributed by atoms with Crippen molar-refractivity contribution in [2.24, 2.45) is 14.1 Å². The van der Waals surface area contributed by atoms with E-state index in [4.69, 9.17) is 10.4 Å². The first-order chi connectivity index (χ1) is 7.95. The van der Waals surface area contributed by atoms with Gasteiger partial charge >= 0.3 is 5.69 Å². The van der Waals surface area contributed by atoms with Gasteiger partial charge in [0.25, 0.3) is 5.56 Å². The number of rotatable bonds is 3. The molecule has 0 fully saturated rings. The van der Waals surface area contributed by atoms with Gasteiger partial charge in [-0.25, -0.2) is 4.79 Å². The van der Waals surface area contributed by atoms with Gasteiger partial charge < -0.3 is 10.0 Å². The fourth-order valence-electron chi connectivity index (χ4n) is 1.63. The zero-order chi connectivity index (χ0) is 13.2. The van der Waals surface area contributed by atoms with Crippen LogP contribution in [0.4, 0.5) is 5.82 Å². The number of nitrogens with zero attached hydrogens (tertiary/aromatic N) is 4. The van der Waals surface area contributed by atoms with Crippen LogP contribution in [0, 0.1) is 11.3 Å². The molecule has 0 aliphatic carbocycles. The van der Waals surface area contributed by atoms with E-state index in [-0.39, 0.29) is 24.5 Å². The second-order valence-electron chi connectivity index (χ2n) is 3.66. The van der Waals surface area contributed by atoms with Gasteiger partial charge in [0, 0.05) is 27.7 Å². The Hall–Kier alpha value is -2.07. The number of nitriles is 1. The normalized spacial score (nSPS) is 10.1. The summed E-state index contributed by atoms with van der Waals surface area (Å²) in [7, 11) is 4.40. The highest BCUT2D eigenvalue weighted by molar-refractivity contribution is 5.52. The SMILES string of the molecule is CN(CCO)c1c(C#N)c(=O)n(C)c(=O)n1C. The molecule has 0 amide bonds. The Labute approximate surface area is 97.7 Å². The first-order valence-corrected chi connectivity index (χ1v) is 4.97. The van der Waals surface area contributed by atoms with Gasteiger partial charge in [0.15, 0.2) is 5.56 Å². The van der Waals surface area contributed by atoms with Crippen molar-refractivity contribution in [1.29, 1.82) is 5.26 Å². The van der Waals surface area contributed by atoms with E-state index >= 15 is 0 Å². The van der Waals surface area contributed by atoms with E-state index in [9.17, 15) is 9.59 Å². The van der Waals surface area contributed by atoms with E-state index in [0.717, 1.165) is 4.57 Å². The van der Waals surface area contributed by atoms with Crippen molar-refractivity contribution in [1.82, 2.24) is 9.13 Å². The minimum absolute atomic E-state index is 0.106. The Bertz CT molecular complexity index is 579. The zero-order valence-corrected chi connectivity index (χ0v) is 9.97. The number of aliphatic hydroxyl groups excluding tert-OH is 1. The Morgan fingerprint density at radius 1 is 1.35 bits per heavy atom. The summed E-state index contributed by atoms with van der Waals surface area (Å²) < 4.78 is 2.10. The molecule has 0 aliphatic heterocycles. The van der Waals surface area contributed by atoms with Crippen molar-refractivity contribution >= 4 is 5.82 Å². The van der Waals surface area contributed by atoms with Crippen LogP contribution in [-0.2, 0) is 14.1 Å². The predicted octanol–water partition coefficient (Wildman–Crippen LogP) is -1.62. The van der Waals surface area contributed by atoms with E-state index in [1.807, 2.05) is 0 Å². The van der Waals surface area contributed by atoms with E-state index in [0.29, 0.717) is 0 Å². The standard InChI is InChI=1S/C10H14N4O3/c1-12(4-5-15)8-7(6-11)9(16)14(3)10(17)13(8)2/h15H,4-5H2,1-3H3. The number of likely N-dealkylation sites (N-methyl/N-ethyl adjacent to an activating group) is 1. The maximum absolute atomic E-state index is 11.7. The molecule has 1 rings (SSSR count). The lowest BCUT2D eigenvalue weighted by atomic mass is 10.3. The lowest BCUT2D eigenvalue weighted by Crippen LogP contribution is -2.42. The summed E-state index contributed by atoms with van der Waals surface area (Å²) in [5.74, 6) is 0.217. The van der Waals surface area contributed by atoms with Crippen LogP contribution in [0.3, 0.4) is 0 Å². The van der Waals surface area contributed by atoms with Crippen molar-refractivity contribution in [3.63, 3.8) is 0 Å². The van der Waals surface area contributed by atoms with Gasteiger partial charge in [0.1, 0.15) is 11.9 Å². The molecule has 1 N–H and O–H groups in total. The molecule has 7 heteroatoms. The van der Waals surface area contributed by atoms with Gasteiger partial charge in [-0.3, -0.25) is 13.9 Å². The summed E-state index contributed by atoms with van der Waals surface area (Å²) in [5, 5.41) is 17.8. The predicted molar refractivity (Wildman–Crippen MR) is 62.0 cm³/mol. The highest BCUT2D eigenvalue weighted by Gasteiger charge is 2.18. The number of anilines is 1. The fourth-order valence-corrected chi connectivity index (χ4v) is 1.63. The van der Waals surface area contributed by atoms with Gasteiger partial charge in [0.2, 0.25) is 0 Å². The van der Waals surface area contributed by atoms with E-state index in [1.165, 1.54) is 23.6 Å². The molecule has 0 unspecified atom stereocenters. The third kappa shape index (κ3) is 2.07. The molecule has 0 saturated carbocycles. The average Bonchev–Trinajstić information content (AvgIpc) is 2.31. The van der Waals surface area contributed by atoms with Crippen LogP contribution in [0.15, 0.2) is 9.59 Å². The third-order valence-corrected chi connectivity index (χ3v) is 2.54. The number of aromatic nitrogens is 2. The minimum Gasteiger partial charge on any atom is -0.395 e. The molecular formula is C10H14N4O3. The third-order valence-electron chi connectivity index (χ3n) is 2.54. The summed E-state index contributed by atoms with van der Waals surface area (Å²) in [6.45, 7) is 0.0971. The summed E-state index contributed by atoms with van der Waals surface area (Å²) in [5.41, 5.74) is -1.24. The van der Waals surface area contributed by atoms with E-state index in [2.05, 4.69) is 0 Å². The Morgan fingerprint density at radius 3 is 2.41 bits per heavy atom. The molecule has 0 atom stereocenters. The van der Waals surface area contributed by atoms with Gasteiger partial charge in [-0.1, -0.05) is 0 Å². The molecule has 1 aromatic rings. The summed E-state index contributed by atoms with van der Waals surface area (Å²) >= 11 is 0. The topological polar surface area (TPSA) is 91.3 Å². The van der Waals surface area contributed by atoms with E-state index < -0.39 is 11.2 Å². The smallest absolute Gasteiger partial charge is 0.332 e. The lowest BCUT2D eigenvalue weighted by molar-refractivity contribution is 0.303. The molecule has 1 heterocycles. The van der Waals surface area contributed by atoms with Crippen LogP contribution < -0.4 is 16.1 Å². The van der Waals surface area contributed by atoms with Crippen molar-refractivity contribution in [2.45, 2.75) is 0 Å². The van der Waals surface area contributed by atoms with Crippen molar-refractivity contribution in [3.05, 3.63) is 26.4 Å². The van der Waals surface area contributed by atoms with Gasteiger partial charge in [-0.15, -0.1) is 0 Å². The van der Waals surface area contributed by atoms with Crippen molar-refractivity contribution < 1.29 is 5.11 Å². The number of hydrogen-bond acceptors (Lipinski definition) is 5. The molecular weight excluding hydrogens is 224 g/mol. The van der Waals surface area contributed by atoms with Crippen LogP contribution in [0.5, 0.6) is 0 Å². The van der Waals surface area contributed by atoms with Crippen molar-refractivity contribution in [3.8, 4) is 6.07 Å². The number of hydrogen-bond donors (Lipinski definition) is 1. The highest BCUT2D eigenvalue weighted by Crippen LogP contribution is 2.11. The Morgan fingerprint density at radius 2 is 1.94 bits per heavy atom. The fraction of sp³-hybridized carbons (Fsp3) is 0.500. The molecule has 0 spiro atoms. The maximum Gasteiger partial charge on any atom is 0.332 e. The van der Waals surface area contributed by atoms with Crippen molar-refractivity contribution in [2.75, 3.05) is 25.1 Å². The highest BCUT2D eigenvalue weighted by atomic mass is 16.3. The monoisotopic (exact) mass is 238 g/mol. The zero-order valence-electron chi connectivity index (χ0n) is 9.97. The van der Waals surface area contributed by atoms with Crippen LogP contribution >= 0.6 is 0 Å². The second-order valence-corrected chi connectivity index (χ2v) is 3.66. The van der Waals surface area contributed by atoms with E-state index in [1.54, 1.807) is 13.1 Å². The average molecular weight is 238 g/mol. The van der Waals surface area contributed by atoms with Crippen LogP contribution in [0.2, 0.25) is 0 Å². The molecule has 0 bridgehead atoms. The van der Waals surface area contributed by atoms with Gasteiger partial charge in [0.05, 0.1) is 6.61 Å². The summed E-state index contributed by atoms with van der Waals surface area (Å²) in [4.78, 5) is 25.0. The van der Waals surface area contributed by atoms with Gasteiger partial charge in [-0.05, 0) is 0 Å². The lowest BCUT2D eigenvalue weighted by Gasteiger charge is -2.22. The Kier molecular flexibility index (Phi) is 3.70. The molecule has 92 valence electrons. The second kappa shape index (κ2) is 4.84. The maximum atomic E-state index is 11.7. The quantitative estimate of drug-likeness (QED) is 0.683. The van der Waals surface area contributed by atoms with Crippen LogP contribution in [-0.4, -0.2) is 34.4 Å². The van der Waals surface area contributed by atoms with Crippen LogP contribution in [0.25, 0.3) is 0 Å². The van der Waals surface area contributed by atoms with Crippen LogP contribution in [0.1, 0.15) is 5.56 Å². The summed E-state index contributed by atoms with van der Waals surface area (Å²) in [6.07, 6.45) is 0. The first-order valence-electron chi connectivity index (χ1n) is 4.97. The molecule has 0 saturated heterocycles. The molecule has 0 aliphatic rings. The summed E-state index contributed by atoms with van der Waals surface area (Å²) in [6, 6.07) is 1.80. The van der Waals surface area contributed by atoms with Gasteiger partial charge in [-0.2, -0.15) is 5.26 Å². The molecule has 1 aromatic heterocycles. The molecule has 17 heavy (non-hydrogen) atoms. The number of aliphatic hydroxyl groups is 1. The minimum atomic E-state index is -0.629. The Balaban J connectivity index is 3.66.